The molecule has 5 nitrogen and oxygen atoms in total. The monoisotopic (exact) mass is 361 g/mol. The maximum Gasteiger partial charge on any atom is 0.412 e. The molecule has 1 aromatic carbocycles. The summed E-state index contributed by atoms with van der Waals surface area (Å²) in [5.74, 6) is 0.325. The molecule has 0 saturated carbocycles. The third-order valence-corrected chi connectivity index (χ3v) is 2.76. The third-order valence-electron chi connectivity index (χ3n) is 2.76. The summed E-state index contributed by atoms with van der Waals surface area (Å²) in [4.78, 5) is 11.6. The minimum atomic E-state index is -4.69. The van der Waals surface area contributed by atoms with Crippen molar-refractivity contribution in [1.82, 2.24) is 5.32 Å². The van der Waals surface area contributed by atoms with E-state index in [9.17, 15) is 18.0 Å². The predicted octanol–water partition coefficient (Wildman–Crippen LogP) is 3.53. The summed E-state index contributed by atoms with van der Waals surface area (Å²) >= 11 is 0. The molecule has 0 aliphatic heterocycles. The van der Waals surface area contributed by atoms with Gasteiger partial charge in [0.05, 0.1) is 6.61 Å². The molecule has 0 saturated heterocycles. The number of alkyl carbamates (subject to hydrolysis) is 1. The van der Waals surface area contributed by atoms with E-state index in [-0.39, 0.29) is 13.2 Å². The normalized spacial score (nSPS) is 13.6. The molecule has 0 aliphatic carbocycles. The first kappa shape index (κ1) is 20.8. The molecule has 140 valence electrons. The summed E-state index contributed by atoms with van der Waals surface area (Å²) in [6.07, 6.45) is -3.84. The largest absolute Gasteiger partial charge is 0.491 e. The number of carbonyl (C=O) groups excluding carboxylic acids is 1. The predicted molar refractivity (Wildman–Crippen MR) is 87.3 cm³/mol. The summed E-state index contributed by atoms with van der Waals surface area (Å²) in [5, 5.41) is 10.6. The number of carbonyl (C=O) groups is 1. The maximum absolute atomic E-state index is 13.1. The van der Waals surface area contributed by atoms with Crippen LogP contribution in [-0.2, 0) is 4.74 Å². The Bertz CT molecular complexity index is 594. The molecule has 8 heteroatoms. The van der Waals surface area contributed by atoms with Crippen LogP contribution in [0.4, 0.5) is 18.0 Å². The number of alkyl halides is 3. The standard InChI is InChI=1S/C17H22F3NO4/c1-16(2,3)25-15(23)21-14(17(18,19)20)9-8-12-6-4-5-7-13(12)24-11-10-22/h4-9,14,22H,10-11H2,1-3H3,(H,21,23)/t14-/m1/s1. The van der Waals surface area contributed by atoms with Gasteiger partial charge < -0.3 is 19.9 Å². The van der Waals surface area contributed by atoms with Crippen molar-refractivity contribution >= 4 is 12.2 Å². The highest BCUT2D eigenvalue weighted by molar-refractivity contribution is 5.69. The highest BCUT2D eigenvalue weighted by Gasteiger charge is 2.39. The van der Waals surface area contributed by atoms with Gasteiger partial charge in [-0.2, -0.15) is 13.2 Å². The zero-order valence-corrected chi connectivity index (χ0v) is 14.3. The van der Waals surface area contributed by atoms with E-state index in [0.29, 0.717) is 11.3 Å². The highest BCUT2D eigenvalue weighted by atomic mass is 19.4. The number of hydrogen-bond donors (Lipinski definition) is 2. The van der Waals surface area contributed by atoms with Crippen LogP contribution in [0, 0.1) is 0 Å². The number of para-hydroxylation sites is 1. The smallest absolute Gasteiger partial charge is 0.412 e. The SMILES string of the molecule is CC(C)(C)OC(=O)N[C@H](C=Cc1ccccc1OCCO)C(F)(F)F. The Hall–Kier alpha value is -2.22. The Balaban J connectivity index is 2.92. The van der Waals surface area contributed by atoms with Crippen LogP contribution in [0.15, 0.2) is 30.3 Å². The van der Waals surface area contributed by atoms with Crippen LogP contribution >= 0.6 is 0 Å². The molecule has 0 spiro atoms. The molecule has 2 N–H and O–H groups in total. The van der Waals surface area contributed by atoms with E-state index in [1.54, 1.807) is 50.4 Å². The quantitative estimate of drug-likeness (QED) is 0.813. The second-order valence-electron chi connectivity index (χ2n) is 6.13. The van der Waals surface area contributed by atoms with E-state index in [1.807, 2.05) is 0 Å². The molecule has 0 heterocycles. The van der Waals surface area contributed by atoms with Gasteiger partial charge in [-0.3, -0.25) is 0 Å². The fraction of sp³-hybridized carbons (Fsp3) is 0.471. The van der Waals surface area contributed by atoms with Crippen molar-refractivity contribution in [2.75, 3.05) is 13.2 Å². The number of ether oxygens (including phenoxy) is 2. The lowest BCUT2D eigenvalue weighted by Gasteiger charge is -2.23. The molecule has 25 heavy (non-hydrogen) atoms. The van der Waals surface area contributed by atoms with Crippen molar-refractivity contribution in [1.29, 1.82) is 0 Å². The number of hydrogen-bond acceptors (Lipinski definition) is 4. The van der Waals surface area contributed by atoms with Crippen molar-refractivity contribution in [3.63, 3.8) is 0 Å². The Morgan fingerprint density at radius 3 is 2.48 bits per heavy atom. The van der Waals surface area contributed by atoms with Crippen molar-refractivity contribution in [2.24, 2.45) is 0 Å². The summed E-state index contributed by atoms with van der Waals surface area (Å²) in [6.45, 7) is 4.46. The van der Waals surface area contributed by atoms with E-state index in [4.69, 9.17) is 14.6 Å². The van der Waals surface area contributed by atoms with Crippen LogP contribution in [0.2, 0.25) is 0 Å². The Labute approximate surface area is 144 Å². The molecule has 0 radical (unpaired) electrons. The van der Waals surface area contributed by atoms with Crippen molar-refractivity contribution in [3.8, 4) is 5.75 Å². The average Bonchev–Trinajstić information content (AvgIpc) is 2.47. The third kappa shape index (κ3) is 7.93. The van der Waals surface area contributed by atoms with Gasteiger partial charge in [-0.25, -0.2) is 4.79 Å². The van der Waals surface area contributed by atoms with Crippen molar-refractivity contribution in [2.45, 2.75) is 38.6 Å². The first-order chi connectivity index (χ1) is 11.5. The number of halogens is 3. The molecule has 1 aromatic rings. The van der Waals surface area contributed by atoms with E-state index >= 15 is 0 Å². The second kappa shape index (κ2) is 8.75. The first-order valence-corrected chi connectivity index (χ1v) is 7.60. The first-order valence-electron chi connectivity index (χ1n) is 7.60. The molecule has 0 bridgehead atoms. The van der Waals surface area contributed by atoms with E-state index in [1.165, 1.54) is 6.08 Å². The van der Waals surface area contributed by atoms with Gasteiger partial charge in [-0.15, -0.1) is 0 Å². The molecular formula is C17H22F3NO4. The summed E-state index contributed by atoms with van der Waals surface area (Å²) in [6, 6.07) is 4.21. The van der Waals surface area contributed by atoms with Crippen molar-refractivity contribution in [3.05, 3.63) is 35.9 Å². The molecule has 0 fully saturated rings. The van der Waals surface area contributed by atoms with Crippen LogP contribution in [0.25, 0.3) is 6.08 Å². The van der Waals surface area contributed by atoms with Crippen LogP contribution in [-0.4, -0.2) is 42.2 Å². The molecule has 1 amide bonds. The van der Waals surface area contributed by atoms with Gasteiger partial charge in [0.2, 0.25) is 0 Å². The lowest BCUT2D eigenvalue weighted by atomic mass is 10.1. The highest BCUT2D eigenvalue weighted by Crippen LogP contribution is 2.25. The van der Waals surface area contributed by atoms with E-state index in [0.717, 1.165) is 6.08 Å². The minimum absolute atomic E-state index is 0.0176. The van der Waals surface area contributed by atoms with Gasteiger partial charge in [0.15, 0.2) is 0 Å². The second-order valence-corrected chi connectivity index (χ2v) is 6.13. The Kier molecular flexibility index (Phi) is 7.29. The zero-order chi connectivity index (χ0) is 19.1. The molecule has 1 rings (SSSR count). The van der Waals surface area contributed by atoms with Gasteiger partial charge in [0.25, 0.3) is 0 Å². The van der Waals surface area contributed by atoms with Crippen LogP contribution in [0.1, 0.15) is 26.3 Å². The van der Waals surface area contributed by atoms with Gasteiger partial charge >= 0.3 is 12.3 Å². The molecule has 0 aromatic heterocycles. The van der Waals surface area contributed by atoms with Crippen LogP contribution < -0.4 is 10.1 Å². The number of aliphatic hydroxyl groups is 1. The lowest BCUT2D eigenvalue weighted by molar-refractivity contribution is -0.143. The zero-order valence-electron chi connectivity index (χ0n) is 14.3. The Morgan fingerprint density at radius 2 is 1.92 bits per heavy atom. The summed E-state index contributed by atoms with van der Waals surface area (Å²) < 4.78 is 49.5. The van der Waals surface area contributed by atoms with E-state index in [2.05, 4.69) is 0 Å². The molecule has 0 unspecified atom stereocenters. The van der Waals surface area contributed by atoms with Gasteiger partial charge in [0.1, 0.15) is 24.0 Å². The molecule has 1 atom stereocenters. The fourth-order valence-corrected chi connectivity index (χ4v) is 1.78. The van der Waals surface area contributed by atoms with Crippen LogP contribution in [0.3, 0.4) is 0 Å². The topological polar surface area (TPSA) is 67.8 Å². The summed E-state index contributed by atoms with van der Waals surface area (Å²) in [7, 11) is 0. The maximum atomic E-state index is 13.1. The lowest BCUT2D eigenvalue weighted by Crippen LogP contribution is -2.46. The molecule has 0 aliphatic rings. The number of benzene rings is 1. The molecular weight excluding hydrogens is 339 g/mol. The number of rotatable bonds is 6. The minimum Gasteiger partial charge on any atom is -0.491 e. The van der Waals surface area contributed by atoms with E-state index < -0.39 is 23.9 Å². The van der Waals surface area contributed by atoms with Crippen LogP contribution in [0.5, 0.6) is 5.75 Å². The number of nitrogens with one attached hydrogen (secondary N) is 1. The summed E-state index contributed by atoms with van der Waals surface area (Å²) in [5.41, 5.74) is -0.523. The fourth-order valence-electron chi connectivity index (χ4n) is 1.78. The average molecular weight is 361 g/mol. The number of aliphatic hydroxyl groups excluding tert-OH is 1. The van der Waals surface area contributed by atoms with Gasteiger partial charge in [0, 0.05) is 5.56 Å². The van der Waals surface area contributed by atoms with Gasteiger partial charge in [-0.1, -0.05) is 30.4 Å². The van der Waals surface area contributed by atoms with Gasteiger partial charge in [-0.05, 0) is 26.8 Å². The Morgan fingerprint density at radius 1 is 1.28 bits per heavy atom. The number of amides is 1. The van der Waals surface area contributed by atoms with Crippen molar-refractivity contribution < 1.29 is 32.5 Å².